The quantitative estimate of drug-likeness (QED) is 0.606. The number of aryl methyl sites for hydroxylation is 1. The number of aromatic nitrogens is 6. The van der Waals surface area contributed by atoms with Crippen LogP contribution in [0.1, 0.15) is 0 Å². The van der Waals surface area contributed by atoms with Crippen molar-refractivity contribution in [3.8, 4) is 5.69 Å². The first-order valence-electron chi connectivity index (χ1n) is 7.20. The second kappa shape index (κ2) is 7.21. The van der Waals surface area contributed by atoms with Gasteiger partial charge in [-0.25, -0.2) is 4.68 Å². The number of rotatable bonds is 6. The number of nitrogens with zero attached hydrogens (tertiary/aromatic N) is 6. The molecule has 1 aromatic carbocycles. The van der Waals surface area contributed by atoms with Crippen LogP contribution in [-0.4, -0.2) is 43.1 Å². The van der Waals surface area contributed by atoms with Gasteiger partial charge < -0.3 is 10.6 Å². The first-order chi connectivity index (χ1) is 11.7. The number of hydrogen-bond donors (Lipinski definition) is 2. The second-order valence-electron chi connectivity index (χ2n) is 4.90. The van der Waals surface area contributed by atoms with Gasteiger partial charge in [0.15, 0.2) is 0 Å². The summed E-state index contributed by atoms with van der Waals surface area (Å²) in [4.78, 5) is 11.8. The van der Waals surface area contributed by atoms with Gasteiger partial charge in [-0.15, -0.1) is 0 Å². The van der Waals surface area contributed by atoms with Crippen LogP contribution in [0.5, 0.6) is 0 Å². The van der Waals surface area contributed by atoms with Gasteiger partial charge in [0, 0.05) is 20.1 Å². The maximum Gasteiger partial charge on any atom is 0.282 e. The van der Waals surface area contributed by atoms with Gasteiger partial charge >= 0.3 is 0 Å². The van der Waals surface area contributed by atoms with E-state index in [2.05, 4.69) is 47.2 Å². The number of para-hydroxylation sites is 1. The van der Waals surface area contributed by atoms with Crippen molar-refractivity contribution >= 4 is 27.6 Å². The Labute approximate surface area is 145 Å². The van der Waals surface area contributed by atoms with Crippen LogP contribution < -0.4 is 16.2 Å². The molecule has 2 N–H and O–H groups in total. The molecule has 0 bridgehead atoms. The normalized spacial score (nSPS) is 10.6. The molecule has 0 fully saturated rings. The van der Waals surface area contributed by atoms with Gasteiger partial charge in [0.2, 0.25) is 5.95 Å². The molecular formula is C14H15BrN8O. The van der Waals surface area contributed by atoms with E-state index < -0.39 is 0 Å². The predicted molar refractivity (Wildman–Crippen MR) is 93.3 cm³/mol. The topological polar surface area (TPSA) is 103 Å². The Balaban J connectivity index is 1.60. The number of nitrogens with one attached hydrogen (secondary N) is 2. The molecule has 0 saturated heterocycles. The molecule has 0 unspecified atom stereocenters. The maximum absolute atomic E-state index is 11.8. The Hall–Kier alpha value is -2.75. The number of halogens is 1. The van der Waals surface area contributed by atoms with Crippen LogP contribution in [-0.2, 0) is 7.05 Å². The second-order valence-corrected chi connectivity index (χ2v) is 5.70. The van der Waals surface area contributed by atoms with Gasteiger partial charge in [-0.2, -0.15) is 9.78 Å². The number of anilines is 2. The molecule has 0 atom stereocenters. The molecule has 0 aliphatic carbocycles. The number of tetrazole rings is 1. The molecular weight excluding hydrogens is 376 g/mol. The zero-order chi connectivity index (χ0) is 16.9. The molecule has 0 aliphatic heterocycles. The van der Waals surface area contributed by atoms with E-state index in [-0.39, 0.29) is 5.56 Å². The van der Waals surface area contributed by atoms with Gasteiger partial charge in [-0.1, -0.05) is 23.3 Å². The predicted octanol–water partition coefficient (Wildman–Crippen LogP) is 1.04. The highest BCUT2D eigenvalue weighted by atomic mass is 79.9. The minimum absolute atomic E-state index is 0.194. The molecule has 24 heavy (non-hydrogen) atoms. The summed E-state index contributed by atoms with van der Waals surface area (Å²) in [5.74, 6) is 0.546. The molecule has 0 saturated carbocycles. The first-order valence-corrected chi connectivity index (χ1v) is 7.99. The van der Waals surface area contributed by atoms with Gasteiger partial charge in [-0.3, -0.25) is 4.79 Å². The summed E-state index contributed by atoms with van der Waals surface area (Å²) in [5, 5.41) is 21.9. The van der Waals surface area contributed by atoms with Crippen LogP contribution >= 0.6 is 15.9 Å². The standard InChI is InChI=1S/C14H15BrN8O/c1-22-13(24)12(15)11(9-18-22)16-7-8-17-14-19-20-21-23(14)10-5-3-2-4-6-10/h2-6,9,16H,7-8H2,1H3,(H,17,19,21). The largest absolute Gasteiger partial charge is 0.381 e. The van der Waals surface area contributed by atoms with Crippen molar-refractivity contribution in [1.82, 2.24) is 30.0 Å². The van der Waals surface area contributed by atoms with Crippen molar-refractivity contribution in [3.05, 3.63) is 51.4 Å². The van der Waals surface area contributed by atoms with Crippen LogP contribution in [0.4, 0.5) is 11.6 Å². The van der Waals surface area contributed by atoms with E-state index in [1.165, 1.54) is 4.68 Å². The van der Waals surface area contributed by atoms with Crippen molar-refractivity contribution in [2.75, 3.05) is 23.7 Å². The summed E-state index contributed by atoms with van der Waals surface area (Å²) in [6.45, 7) is 1.13. The first kappa shape index (κ1) is 16.1. The summed E-state index contributed by atoms with van der Waals surface area (Å²) in [6, 6.07) is 9.61. The smallest absolute Gasteiger partial charge is 0.282 e. The fourth-order valence-electron chi connectivity index (χ4n) is 2.05. The van der Waals surface area contributed by atoms with E-state index in [1.807, 2.05) is 30.3 Å². The van der Waals surface area contributed by atoms with E-state index in [9.17, 15) is 4.79 Å². The molecule has 0 aliphatic rings. The van der Waals surface area contributed by atoms with Gasteiger partial charge in [0.25, 0.3) is 5.56 Å². The van der Waals surface area contributed by atoms with Gasteiger partial charge in [0.1, 0.15) is 4.47 Å². The number of benzene rings is 1. The monoisotopic (exact) mass is 390 g/mol. The minimum Gasteiger partial charge on any atom is -0.381 e. The lowest BCUT2D eigenvalue weighted by Gasteiger charge is -2.10. The van der Waals surface area contributed by atoms with E-state index in [1.54, 1.807) is 17.9 Å². The molecule has 0 spiro atoms. The van der Waals surface area contributed by atoms with Crippen molar-refractivity contribution in [2.24, 2.45) is 7.05 Å². The Bertz CT molecular complexity index is 876. The summed E-state index contributed by atoms with van der Waals surface area (Å²) in [5.41, 5.74) is 1.32. The summed E-state index contributed by atoms with van der Waals surface area (Å²) in [7, 11) is 1.60. The molecule has 2 aromatic heterocycles. The summed E-state index contributed by atoms with van der Waals surface area (Å²) in [6.07, 6.45) is 1.60. The van der Waals surface area contributed by atoms with Crippen LogP contribution in [0.3, 0.4) is 0 Å². The zero-order valence-electron chi connectivity index (χ0n) is 12.8. The Morgan fingerprint density at radius 3 is 2.71 bits per heavy atom. The molecule has 0 radical (unpaired) electrons. The SMILES string of the molecule is Cn1ncc(NCCNc2nnnn2-c2ccccc2)c(Br)c1=O. The Kier molecular flexibility index (Phi) is 4.85. The Morgan fingerprint density at radius 2 is 1.92 bits per heavy atom. The van der Waals surface area contributed by atoms with Crippen LogP contribution in [0.2, 0.25) is 0 Å². The van der Waals surface area contributed by atoms with E-state index in [0.717, 1.165) is 5.69 Å². The highest BCUT2D eigenvalue weighted by Crippen LogP contribution is 2.15. The van der Waals surface area contributed by atoms with E-state index >= 15 is 0 Å². The minimum atomic E-state index is -0.194. The molecule has 3 rings (SSSR count). The highest BCUT2D eigenvalue weighted by Gasteiger charge is 2.08. The fourth-order valence-corrected chi connectivity index (χ4v) is 2.55. The average molecular weight is 391 g/mol. The average Bonchev–Trinajstić information content (AvgIpc) is 3.07. The number of hydrogen-bond acceptors (Lipinski definition) is 7. The lowest BCUT2D eigenvalue weighted by Crippen LogP contribution is -2.23. The van der Waals surface area contributed by atoms with Crippen LogP contribution in [0.25, 0.3) is 5.69 Å². The third-order valence-electron chi connectivity index (χ3n) is 3.27. The van der Waals surface area contributed by atoms with Crippen LogP contribution in [0, 0.1) is 0 Å². The van der Waals surface area contributed by atoms with Gasteiger partial charge in [0.05, 0.1) is 17.6 Å². The maximum atomic E-state index is 11.8. The van der Waals surface area contributed by atoms with Crippen molar-refractivity contribution in [2.45, 2.75) is 0 Å². The third kappa shape index (κ3) is 3.43. The molecule has 0 amide bonds. The van der Waals surface area contributed by atoms with Gasteiger partial charge in [-0.05, 0) is 38.5 Å². The molecule has 124 valence electrons. The van der Waals surface area contributed by atoms with E-state index in [4.69, 9.17) is 0 Å². The molecule has 9 nitrogen and oxygen atoms in total. The lowest BCUT2D eigenvalue weighted by molar-refractivity contribution is 0.703. The zero-order valence-corrected chi connectivity index (χ0v) is 14.4. The molecule has 10 heteroatoms. The van der Waals surface area contributed by atoms with Crippen LogP contribution in [0.15, 0.2) is 45.8 Å². The third-order valence-corrected chi connectivity index (χ3v) is 4.04. The summed E-state index contributed by atoms with van der Waals surface area (Å²) >= 11 is 3.27. The molecule has 3 aromatic rings. The molecule has 2 heterocycles. The fraction of sp³-hybridized carbons (Fsp3) is 0.214. The van der Waals surface area contributed by atoms with Crippen molar-refractivity contribution in [3.63, 3.8) is 0 Å². The lowest BCUT2D eigenvalue weighted by atomic mass is 10.3. The summed E-state index contributed by atoms with van der Waals surface area (Å²) < 4.78 is 3.34. The Morgan fingerprint density at radius 1 is 1.17 bits per heavy atom. The van der Waals surface area contributed by atoms with Crippen molar-refractivity contribution < 1.29 is 0 Å². The highest BCUT2D eigenvalue weighted by molar-refractivity contribution is 9.10. The van der Waals surface area contributed by atoms with Crippen molar-refractivity contribution in [1.29, 1.82) is 0 Å². The van der Waals surface area contributed by atoms with E-state index in [0.29, 0.717) is 29.2 Å².